The zero-order chi connectivity index (χ0) is 11.6. The van der Waals surface area contributed by atoms with Crippen molar-refractivity contribution in [3.05, 3.63) is 0 Å². The molecule has 1 aliphatic heterocycles. The van der Waals surface area contributed by atoms with E-state index in [1.54, 1.807) is 20.8 Å². The number of hydrazone groups is 1. The molecule has 0 radical (unpaired) electrons. The Balaban J connectivity index is 2.59. The molecule has 0 aromatic rings. The summed E-state index contributed by atoms with van der Waals surface area (Å²) in [6.45, 7) is 5.31. The second kappa shape index (κ2) is 4.30. The minimum Gasteiger partial charge on any atom is -0.272 e. The van der Waals surface area contributed by atoms with Gasteiger partial charge in [-0.1, -0.05) is 6.92 Å². The molecule has 0 bridgehead atoms. The molecule has 1 amide bonds. The quantitative estimate of drug-likeness (QED) is 0.699. The molecule has 6 heteroatoms. The van der Waals surface area contributed by atoms with E-state index in [1.165, 1.54) is 5.01 Å². The number of nitrogens with zero attached hydrogens (tertiary/aromatic N) is 2. The molecule has 0 N–H and O–H groups in total. The molecule has 5 nitrogen and oxygen atoms in total. The number of carbonyl (C=O) groups excluding carboxylic acids is 1. The summed E-state index contributed by atoms with van der Waals surface area (Å²) in [6.07, 6.45) is 0. The number of amides is 1. The molecule has 0 aliphatic carbocycles. The Kier molecular flexibility index (Phi) is 3.49. The first-order valence-corrected chi connectivity index (χ1v) is 6.76. The molecule has 0 saturated carbocycles. The van der Waals surface area contributed by atoms with Crippen LogP contribution in [0.4, 0.5) is 0 Å². The van der Waals surface area contributed by atoms with Gasteiger partial charge in [0.2, 0.25) is 0 Å². The molecule has 1 aliphatic rings. The van der Waals surface area contributed by atoms with Crippen molar-refractivity contribution in [2.24, 2.45) is 11.0 Å². The minimum absolute atomic E-state index is 0.0151. The summed E-state index contributed by atoms with van der Waals surface area (Å²) in [6, 6.07) is 0. The predicted octanol–water partition coefficient (Wildman–Crippen LogP) is 0.275. The second-order valence-electron chi connectivity index (χ2n) is 3.66. The van der Waals surface area contributed by atoms with Crippen LogP contribution < -0.4 is 0 Å². The Morgan fingerprint density at radius 2 is 2.07 bits per heavy atom. The van der Waals surface area contributed by atoms with Crippen molar-refractivity contribution >= 4 is 21.5 Å². The van der Waals surface area contributed by atoms with E-state index in [0.717, 1.165) is 5.71 Å². The van der Waals surface area contributed by atoms with Crippen LogP contribution in [0.15, 0.2) is 5.10 Å². The second-order valence-corrected chi connectivity index (χ2v) is 6.13. The van der Waals surface area contributed by atoms with Crippen LogP contribution in [0.2, 0.25) is 0 Å². The smallest absolute Gasteiger partial charge is 0.251 e. The molecule has 1 unspecified atom stereocenters. The highest BCUT2D eigenvalue weighted by molar-refractivity contribution is 7.91. The van der Waals surface area contributed by atoms with E-state index >= 15 is 0 Å². The third-order valence-corrected chi connectivity index (χ3v) is 4.27. The summed E-state index contributed by atoms with van der Waals surface area (Å²) in [4.78, 5) is 11.5. The molecular weight excluding hydrogens is 216 g/mol. The van der Waals surface area contributed by atoms with Gasteiger partial charge in [0.05, 0.1) is 18.2 Å². The third kappa shape index (κ3) is 2.77. The van der Waals surface area contributed by atoms with E-state index in [-0.39, 0.29) is 29.9 Å². The van der Waals surface area contributed by atoms with Crippen LogP contribution in [-0.2, 0) is 14.6 Å². The fourth-order valence-electron chi connectivity index (χ4n) is 1.26. The Hall–Kier alpha value is -0.910. The van der Waals surface area contributed by atoms with Gasteiger partial charge in [0.25, 0.3) is 5.91 Å². The fourth-order valence-corrected chi connectivity index (χ4v) is 2.00. The van der Waals surface area contributed by atoms with Crippen LogP contribution in [-0.4, -0.2) is 43.1 Å². The van der Waals surface area contributed by atoms with Crippen molar-refractivity contribution < 1.29 is 13.2 Å². The van der Waals surface area contributed by atoms with Gasteiger partial charge in [0, 0.05) is 11.5 Å². The standard InChI is InChI=1S/C9H16N2O3S/c1-4-15(13,14)6-5-11-9(12)7(2)8(3)10-11/h7H,4-6H2,1-3H3. The Morgan fingerprint density at radius 3 is 2.47 bits per heavy atom. The molecule has 0 saturated heterocycles. The van der Waals surface area contributed by atoms with Crippen LogP contribution in [0.5, 0.6) is 0 Å². The van der Waals surface area contributed by atoms with Gasteiger partial charge in [-0.05, 0) is 13.8 Å². The Morgan fingerprint density at radius 1 is 1.47 bits per heavy atom. The molecule has 1 atom stereocenters. The van der Waals surface area contributed by atoms with E-state index in [4.69, 9.17) is 0 Å². The monoisotopic (exact) mass is 232 g/mol. The van der Waals surface area contributed by atoms with Crippen molar-refractivity contribution in [2.75, 3.05) is 18.1 Å². The van der Waals surface area contributed by atoms with Gasteiger partial charge < -0.3 is 0 Å². The van der Waals surface area contributed by atoms with E-state index in [1.807, 2.05) is 0 Å². The maximum Gasteiger partial charge on any atom is 0.251 e. The SMILES string of the molecule is CCS(=O)(=O)CCN1N=C(C)C(C)C1=O. The van der Waals surface area contributed by atoms with Crippen LogP contribution in [0.3, 0.4) is 0 Å². The number of hydrogen-bond acceptors (Lipinski definition) is 4. The number of rotatable bonds is 4. The zero-order valence-electron chi connectivity index (χ0n) is 9.23. The highest BCUT2D eigenvalue weighted by Gasteiger charge is 2.29. The van der Waals surface area contributed by atoms with Crippen LogP contribution in [0.1, 0.15) is 20.8 Å². The first-order chi connectivity index (χ1) is 6.87. The summed E-state index contributed by atoms with van der Waals surface area (Å²) in [5, 5.41) is 5.28. The normalized spacial score (nSPS) is 22.1. The molecule has 0 spiro atoms. The lowest BCUT2D eigenvalue weighted by molar-refractivity contribution is -0.131. The first kappa shape index (κ1) is 12.2. The van der Waals surface area contributed by atoms with E-state index in [2.05, 4.69) is 5.10 Å². The molecule has 1 heterocycles. The molecule has 1 rings (SSSR count). The van der Waals surface area contributed by atoms with Crippen molar-refractivity contribution in [3.8, 4) is 0 Å². The molecular formula is C9H16N2O3S. The Labute approximate surface area is 90.1 Å². The highest BCUT2D eigenvalue weighted by Crippen LogP contribution is 2.14. The first-order valence-electron chi connectivity index (χ1n) is 4.94. The van der Waals surface area contributed by atoms with E-state index in [0.29, 0.717) is 0 Å². The Bertz CT molecular complexity index is 386. The summed E-state index contributed by atoms with van der Waals surface area (Å²) in [5.41, 5.74) is 0.744. The summed E-state index contributed by atoms with van der Waals surface area (Å²) in [7, 11) is -3.03. The number of hydrogen-bond donors (Lipinski definition) is 0. The van der Waals surface area contributed by atoms with E-state index in [9.17, 15) is 13.2 Å². The van der Waals surface area contributed by atoms with Gasteiger partial charge in [-0.15, -0.1) is 0 Å². The molecule has 0 aromatic heterocycles. The lowest BCUT2D eigenvalue weighted by atomic mass is 10.1. The molecule has 0 fully saturated rings. The van der Waals surface area contributed by atoms with Gasteiger partial charge in [0.15, 0.2) is 9.84 Å². The van der Waals surface area contributed by atoms with Crippen LogP contribution >= 0.6 is 0 Å². The summed E-state index contributed by atoms with van der Waals surface area (Å²) >= 11 is 0. The van der Waals surface area contributed by atoms with Gasteiger partial charge in [0.1, 0.15) is 0 Å². The average molecular weight is 232 g/mol. The lowest BCUT2D eigenvalue weighted by Gasteiger charge is -2.12. The largest absolute Gasteiger partial charge is 0.272 e. The molecule has 86 valence electrons. The van der Waals surface area contributed by atoms with Crippen molar-refractivity contribution in [1.82, 2.24) is 5.01 Å². The van der Waals surface area contributed by atoms with Crippen LogP contribution in [0.25, 0.3) is 0 Å². The summed E-state index contributed by atoms with van der Waals surface area (Å²) < 4.78 is 22.5. The maximum atomic E-state index is 11.5. The average Bonchev–Trinajstić information content (AvgIpc) is 2.43. The van der Waals surface area contributed by atoms with Crippen molar-refractivity contribution in [2.45, 2.75) is 20.8 Å². The topological polar surface area (TPSA) is 66.8 Å². The fraction of sp³-hybridized carbons (Fsp3) is 0.778. The predicted molar refractivity (Wildman–Crippen MR) is 58.3 cm³/mol. The van der Waals surface area contributed by atoms with Crippen LogP contribution in [0, 0.1) is 5.92 Å². The summed E-state index contributed by atoms with van der Waals surface area (Å²) in [5.74, 6) is -0.236. The zero-order valence-corrected chi connectivity index (χ0v) is 10.0. The van der Waals surface area contributed by atoms with Crippen molar-refractivity contribution in [1.29, 1.82) is 0 Å². The highest BCUT2D eigenvalue weighted by atomic mass is 32.2. The molecule has 15 heavy (non-hydrogen) atoms. The van der Waals surface area contributed by atoms with Gasteiger partial charge in [-0.3, -0.25) is 4.79 Å². The van der Waals surface area contributed by atoms with Gasteiger partial charge in [-0.2, -0.15) is 5.10 Å². The number of sulfone groups is 1. The maximum absolute atomic E-state index is 11.5. The van der Waals surface area contributed by atoms with Gasteiger partial charge >= 0.3 is 0 Å². The molecule has 0 aromatic carbocycles. The third-order valence-electron chi connectivity index (χ3n) is 2.58. The lowest BCUT2D eigenvalue weighted by Crippen LogP contribution is -2.30. The van der Waals surface area contributed by atoms with Crippen molar-refractivity contribution in [3.63, 3.8) is 0 Å². The van der Waals surface area contributed by atoms with E-state index < -0.39 is 9.84 Å². The minimum atomic E-state index is -3.03. The number of carbonyl (C=O) groups is 1. The van der Waals surface area contributed by atoms with Gasteiger partial charge in [-0.25, -0.2) is 13.4 Å².